The van der Waals surface area contributed by atoms with Gasteiger partial charge in [-0.15, -0.1) is 0 Å². The highest BCUT2D eigenvalue weighted by molar-refractivity contribution is 5.18. The first-order valence-electron chi connectivity index (χ1n) is 6.27. The molecule has 2 atom stereocenters. The molecule has 0 aromatic heterocycles. The Morgan fingerprint density at radius 1 is 1.31 bits per heavy atom. The van der Waals surface area contributed by atoms with E-state index < -0.39 is 0 Å². The van der Waals surface area contributed by atoms with Crippen molar-refractivity contribution in [2.24, 2.45) is 5.92 Å². The van der Waals surface area contributed by atoms with Crippen LogP contribution in [-0.4, -0.2) is 31.1 Å². The molecule has 1 fully saturated rings. The van der Waals surface area contributed by atoms with Gasteiger partial charge in [-0.1, -0.05) is 37.3 Å². The Kier molecular flexibility index (Phi) is 3.97. The monoisotopic (exact) mass is 218 g/mol. The maximum absolute atomic E-state index is 3.49. The topological polar surface area (TPSA) is 15.3 Å². The van der Waals surface area contributed by atoms with Gasteiger partial charge in [0.1, 0.15) is 0 Å². The van der Waals surface area contributed by atoms with Crippen LogP contribution in [-0.2, 0) is 0 Å². The molecule has 1 aliphatic heterocycles. The van der Waals surface area contributed by atoms with Gasteiger partial charge in [-0.2, -0.15) is 0 Å². The first kappa shape index (κ1) is 11.6. The van der Waals surface area contributed by atoms with Crippen LogP contribution in [0.3, 0.4) is 0 Å². The van der Waals surface area contributed by atoms with Crippen LogP contribution < -0.4 is 5.32 Å². The minimum atomic E-state index is 0.531. The molecule has 1 aliphatic rings. The van der Waals surface area contributed by atoms with E-state index >= 15 is 0 Å². The third-order valence-electron chi connectivity index (χ3n) is 3.44. The smallest absolute Gasteiger partial charge is 0.0320 e. The van der Waals surface area contributed by atoms with E-state index in [9.17, 15) is 0 Å². The van der Waals surface area contributed by atoms with Crippen LogP contribution in [0, 0.1) is 5.92 Å². The Bertz CT molecular complexity index is 310. The largest absolute Gasteiger partial charge is 0.315 e. The van der Waals surface area contributed by atoms with Crippen molar-refractivity contribution >= 4 is 0 Å². The van der Waals surface area contributed by atoms with E-state index in [0.29, 0.717) is 6.04 Å². The van der Waals surface area contributed by atoms with Crippen molar-refractivity contribution < 1.29 is 0 Å². The molecule has 1 aromatic rings. The average molecular weight is 218 g/mol. The van der Waals surface area contributed by atoms with E-state index in [0.717, 1.165) is 25.6 Å². The van der Waals surface area contributed by atoms with Gasteiger partial charge in [-0.3, -0.25) is 4.90 Å². The van der Waals surface area contributed by atoms with Gasteiger partial charge >= 0.3 is 0 Å². The molecular weight excluding hydrogens is 196 g/mol. The fraction of sp³-hybridized carbons (Fsp3) is 0.571. The molecule has 1 saturated heterocycles. The summed E-state index contributed by atoms with van der Waals surface area (Å²) in [6.07, 6.45) is 0. The van der Waals surface area contributed by atoms with Crippen LogP contribution in [0.5, 0.6) is 0 Å². The zero-order chi connectivity index (χ0) is 11.4. The summed E-state index contributed by atoms with van der Waals surface area (Å²) in [7, 11) is 0. The lowest BCUT2D eigenvalue weighted by Gasteiger charge is -2.29. The Morgan fingerprint density at radius 3 is 2.81 bits per heavy atom. The lowest BCUT2D eigenvalue weighted by molar-refractivity contribution is 0.204. The lowest BCUT2D eigenvalue weighted by atomic mass is 10.1. The minimum absolute atomic E-state index is 0.531. The van der Waals surface area contributed by atoms with Gasteiger partial charge in [0.25, 0.3) is 0 Å². The van der Waals surface area contributed by atoms with Gasteiger partial charge in [-0.05, 0) is 24.9 Å². The van der Waals surface area contributed by atoms with Gasteiger partial charge in [0.15, 0.2) is 0 Å². The third kappa shape index (κ3) is 2.83. The van der Waals surface area contributed by atoms with Crippen molar-refractivity contribution in [3.05, 3.63) is 35.9 Å². The fourth-order valence-electron chi connectivity index (χ4n) is 2.42. The van der Waals surface area contributed by atoms with E-state index in [2.05, 4.69) is 54.4 Å². The second-order valence-electron chi connectivity index (χ2n) is 4.89. The van der Waals surface area contributed by atoms with E-state index in [1.165, 1.54) is 12.1 Å². The second kappa shape index (κ2) is 5.46. The summed E-state index contributed by atoms with van der Waals surface area (Å²) < 4.78 is 0. The number of hydrogen-bond donors (Lipinski definition) is 1. The van der Waals surface area contributed by atoms with Crippen molar-refractivity contribution in [3.63, 3.8) is 0 Å². The van der Waals surface area contributed by atoms with Crippen molar-refractivity contribution in [3.8, 4) is 0 Å². The highest BCUT2D eigenvalue weighted by Gasteiger charge is 2.19. The quantitative estimate of drug-likeness (QED) is 0.819. The molecule has 0 radical (unpaired) electrons. The standard InChI is InChI=1S/C14H22N2/c1-12-10-15-8-9-16(11-12)13(2)14-6-4-3-5-7-14/h3-7,12-13,15H,8-11H2,1-2H3. The summed E-state index contributed by atoms with van der Waals surface area (Å²) in [6, 6.07) is 11.3. The SMILES string of the molecule is CC1CNCCN(C(C)c2ccccc2)C1. The second-order valence-corrected chi connectivity index (χ2v) is 4.89. The average Bonchev–Trinajstić information content (AvgIpc) is 2.54. The van der Waals surface area contributed by atoms with Crippen LogP contribution in [0.15, 0.2) is 30.3 Å². The molecule has 1 heterocycles. The van der Waals surface area contributed by atoms with Gasteiger partial charge < -0.3 is 5.32 Å². The van der Waals surface area contributed by atoms with Gasteiger partial charge in [-0.25, -0.2) is 0 Å². The maximum atomic E-state index is 3.49. The first-order chi connectivity index (χ1) is 7.77. The van der Waals surface area contributed by atoms with Crippen molar-refractivity contribution in [2.75, 3.05) is 26.2 Å². The molecule has 0 bridgehead atoms. The summed E-state index contributed by atoms with van der Waals surface area (Å²) >= 11 is 0. The Labute approximate surface area is 98.7 Å². The molecule has 2 rings (SSSR count). The lowest BCUT2D eigenvalue weighted by Crippen LogP contribution is -2.32. The van der Waals surface area contributed by atoms with Crippen LogP contribution in [0.25, 0.3) is 0 Å². The van der Waals surface area contributed by atoms with Gasteiger partial charge in [0, 0.05) is 25.7 Å². The molecule has 1 aromatic carbocycles. The highest BCUT2D eigenvalue weighted by atomic mass is 15.2. The summed E-state index contributed by atoms with van der Waals surface area (Å²) in [5.74, 6) is 0.744. The van der Waals surface area contributed by atoms with Crippen molar-refractivity contribution in [1.29, 1.82) is 0 Å². The Hall–Kier alpha value is -0.860. The Morgan fingerprint density at radius 2 is 2.06 bits per heavy atom. The van der Waals surface area contributed by atoms with Gasteiger partial charge in [0.05, 0.1) is 0 Å². The van der Waals surface area contributed by atoms with E-state index in [-0.39, 0.29) is 0 Å². The predicted molar refractivity (Wildman–Crippen MR) is 68.5 cm³/mol. The molecule has 88 valence electrons. The van der Waals surface area contributed by atoms with E-state index in [1.54, 1.807) is 0 Å². The summed E-state index contributed by atoms with van der Waals surface area (Å²) in [5, 5.41) is 3.49. The number of nitrogens with zero attached hydrogens (tertiary/aromatic N) is 1. The number of benzene rings is 1. The van der Waals surface area contributed by atoms with Crippen LogP contribution in [0.4, 0.5) is 0 Å². The first-order valence-corrected chi connectivity index (χ1v) is 6.27. The molecule has 0 amide bonds. The Balaban J connectivity index is 2.05. The molecule has 0 spiro atoms. The summed E-state index contributed by atoms with van der Waals surface area (Å²) in [5.41, 5.74) is 1.43. The van der Waals surface area contributed by atoms with E-state index in [4.69, 9.17) is 0 Å². The van der Waals surface area contributed by atoms with Crippen molar-refractivity contribution in [1.82, 2.24) is 10.2 Å². The third-order valence-corrected chi connectivity index (χ3v) is 3.44. The normalized spacial score (nSPS) is 25.0. The van der Waals surface area contributed by atoms with Crippen LogP contribution >= 0.6 is 0 Å². The molecule has 0 aliphatic carbocycles. The van der Waals surface area contributed by atoms with Crippen LogP contribution in [0.2, 0.25) is 0 Å². The molecular formula is C14H22N2. The molecule has 2 heteroatoms. The molecule has 2 unspecified atom stereocenters. The zero-order valence-corrected chi connectivity index (χ0v) is 10.3. The molecule has 16 heavy (non-hydrogen) atoms. The number of nitrogens with one attached hydrogen (secondary N) is 1. The summed E-state index contributed by atoms with van der Waals surface area (Å²) in [6.45, 7) is 9.25. The van der Waals surface area contributed by atoms with Crippen LogP contribution in [0.1, 0.15) is 25.5 Å². The maximum Gasteiger partial charge on any atom is 0.0320 e. The fourth-order valence-corrected chi connectivity index (χ4v) is 2.42. The molecule has 2 nitrogen and oxygen atoms in total. The molecule has 0 saturated carbocycles. The number of hydrogen-bond acceptors (Lipinski definition) is 2. The van der Waals surface area contributed by atoms with Gasteiger partial charge in [0.2, 0.25) is 0 Å². The minimum Gasteiger partial charge on any atom is -0.315 e. The summed E-state index contributed by atoms with van der Waals surface area (Å²) in [4.78, 5) is 2.58. The zero-order valence-electron chi connectivity index (χ0n) is 10.3. The van der Waals surface area contributed by atoms with Crippen molar-refractivity contribution in [2.45, 2.75) is 19.9 Å². The highest BCUT2D eigenvalue weighted by Crippen LogP contribution is 2.21. The molecule has 1 N–H and O–H groups in total. The van der Waals surface area contributed by atoms with E-state index in [1.807, 2.05) is 0 Å². The predicted octanol–water partition coefficient (Wildman–Crippen LogP) is 2.29. The number of rotatable bonds is 2.